The smallest absolute Gasteiger partial charge is 0.0774 e. The van der Waals surface area contributed by atoms with Gasteiger partial charge in [0.1, 0.15) is 0 Å². The van der Waals surface area contributed by atoms with E-state index in [1.165, 1.54) is 16.3 Å². The van der Waals surface area contributed by atoms with Crippen LogP contribution in [0.4, 0.5) is 11.4 Å². The van der Waals surface area contributed by atoms with E-state index in [-0.39, 0.29) is 0 Å². The molecule has 1 heterocycles. The van der Waals surface area contributed by atoms with E-state index in [4.69, 9.17) is 10.4 Å². The van der Waals surface area contributed by atoms with Gasteiger partial charge >= 0.3 is 0 Å². The van der Waals surface area contributed by atoms with Crippen molar-refractivity contribution in [2.24, 2.45) is 10.9 Å². The standard InChI is InChI=1S/C17H21N3S/c1-4-5-11-8-15-17(10-13(11)18)21-16-9-12(20(2)3)6-7-14(16)19-15/h6-7,9-11,18H,4-5,8H2,1-3H3. The van der Waals surface area contributed by atoms with Crippen molar-refractivity contribution in [1.82, 2.24) is 0 Å². The van der Waals surface area contributed by atoms with Crippen LogP contribution in [0.2, 0.25) is 0 Å². The molecule has 1 aliphatic carbocycles. The molecule has 1 atom stereocenters. The maximum Gasteiger partial charge on any atom is 0.0774 e. The van der Waals surface area contributed by atoms with Gasteiger partial charge in [-0.25, -0.2) is 0 Å². The molecule has 0 bridgehead atoms. The van der Waals surface area contributed by atoms with Gasteiger partial charge < -0.3 is 10.3 Å². The first-order valence-corrected chi connectivity index (χ1v) is 8.27. The number of nitrogens with one attached hydrogen (secondary N) is 1. The van der Waals surface area contributed by atoms with Crippen LogP contribution in [-0.2, 0) is 0 Å². The zero-order valence-corrected chi connectivity index (χ0v) is 13.6. The molecule has 0 spiro atoms. The predicted molar refractivity (Wildman–Crippen MR) is 92.5 cm³/mol. The van der Waals surface area contributed by atoms with Gasteiger partial charge in [-0.2, -0.15) is 0 Å². The summed E-state index contributed by atoms with van der Waals surface area (Å²) in [6.07, 6.45) is 5.15. The fourth-order valence-electron chi connectivity index (χ4n) is 2.80. The molecule has 0 saturated carbocycles. The van der Waals surface area contributed by atoms with Crippen molar-refractivity contribution >= 4 is 34.6 Å². The number of fused-ring (bicyclic) bond motifs is 2. The quantitative estimate of drug-likeness (QED) is 0.882. The summed E-state index contributed by atoms with van der Waals surface area (Å²) in [6, 6.07) is 6.41. The van der Waals surface area contributed by atoms with Gasteiger partial charge in [0.2, 0.25) is 0 Å². The maximum atomic E-state index is 8.21. The summed E-state index contributed by atoms with van der Waals surface area (Å²) in [5, 5.41) is 8.21. The lowest BCUT2D eigenvalue weighted by Gasteiger charge is -2.27. The monoisotopic (exact) mass is 299 g/mol. The number of hydrogen-bond donors (Lipinski definition) is 1. The van der Waals surface area contributed by atoms with E-state index in [0.717, 1.165) is 35.6 Å². The Labute approximate surface area is 130 Å². The molecule has 21 heavy (non-hydrogen) atoms. The highest BCUT2D eigenvalue weighted by atomic mass is 32.2. The molecule has 1 aromatic rings. The van der Waals surface area contributed by atoms with Crippen LogP contribution in [0.5, 0.6) is 0 Å². The van der Waals surface area contributed by atoms with Crippen LogP contribution >= 0.6 is 11.8 Å². The van der Waals surface area contributed by atoms with Gasteiger partial charge in [-0.15, -0.1) is 0 Å². The second kappa shape index (κ2) is 5.68. The summed E-state index contributed by atoms with van der Waals surface area (Å²) in [7, 11) is 4.10. The third-order valence-corrected chi connectivity index (χ3v) is 5.14. The van der Waals surface area contributed by atoms with E-state index in [0.29, 0.717) is 5.92 Å². The zero-order valence-electron chi connectivity index (χ0n) is 12.8. The minimum absolute atomic E-state index is 0.348. The first kappa shape index (κ1) is 14.4. The normalized spacial score (nSPS) is 20.3. The molecule has 3 rings (SSSR count). The Kier molecular flexibility index (Phi) is 3.89. The molecule has 0 amide bonds. The van der Waals surface area contributed by atoms with E-state index in [9.17, 15) is 0 Å². The van der Waals surface area contributed by atoms with Crippen LogP contribution in [0, 0.1) is 11.3 Å². The molecule has 1 N–H and O–H groups in total. The molecule has 1 aromatic carbocycles. The summed E-state index contributed by atoms with van der Waals surface area (Å²) < 4.78 is 0. The van der Waals surface area contributed by atoms with Gasteiger partial charge in [0.05, 0.1) is 11.4 Å². The third kappa shape index (κ3) is 2.77. The Morgan fingerprint density at radius 1 is 1.38 bits per heavy atom. The van der Waals surface area contributed by atoms with Gasteiger partial charge in [0.25, 0.3) is 0 Å². The molecule has 0 aromatic heterocycles. The van der Waals surface area contributed by atoms with E-state index in [1.807, 2.05) is 6.08 Å². The van der Waals surface area contributed by atoms with Crippen molar-refractivity contribution in [2.45, 2.75) is 31.1 Å². The minimum Gasteiger partial charge on any atom is -0.378 e. The fraction of sp³-hybridized carbons (Fsp3) is 0.412. The van der Waals surface area contributed by atoms with Crippen molar-refractivity contribution in [3.63, 3.8) is 0 Å². The Morgan fingerprint density at radius 3 is 2.90 bits per heavy atom. The van der Waals surface area contributed by atoms with Gasteiger partial charge in [0.15, 0.2) is 0 Å². The summed E-state index contributed by atoms with van der Waals surface area (Å²) in [5.74, 6) is 0.348. The van der Waals surface area contributed by atoms with Gasteiger partial charge in [-0.1, -0.05) is 25.1 Å². The SMILES string of the molecule is CCCC1CC2=Nc3ccc(N(C)C)cc3SC2=CC1=N. The highest BCUT2D eigenvalue weighted by molar-refractivity contribution is 8.04. The first-order valence-electron chi connectivity index (χ1n) is 7.45. The number of anilines is 1. The van der Waals surface area contributed by atoms with Crippen LogP contribution in [-0.4, -0.2) is 25.5 Å². The lowest BCUT2D eigenvalue weighted by atomic mass is 9.87. The highest BCUT2D eigenvalue weighted by Crippen LogP contribution is 2.44. The average molecular weight is 299 g/mol. The summed E-state index contributed by atoms with van der Waals surface area (Å²) >= 11 is 1.76. The van der Waals surface area contributed by atoms with Crippen LogP contribution in [0.15, 0.2) is 39.1 Å². The second-order valence-corrected chi connectivity index (χ2v) is 6.94. The molecule has 1 aliphatic heterocycles. The van der Waals surface area contributed by atoms with Gasteiger partial charge in [-0.05, 0) is 37.1 Å². The Balaban J connectivity index is 1.96. The van der Waals surface area contributed by atoms with E-state index in [1.54, 1.807) is 11.8 Å². The molecule has 2 aliphatic rings. The number of allylic oxidation sites excluding steroid dienone is 2. The van der Waals surface area contributed by atoms with Gasteiger partial charge in [-0.3, -0.25) is 4.99 Å². The number of rotatable bonds is 3. The average Bonchev–Trinajstić information content (AvgIpc) is 2.45. The predicted octanol–water partition coefficient (Wildman–Crippen LogP) is 4.65. The van der Waals surface area contributed by atoms with Crippen molar-refractivity contribution in [2.75, 3.05) is 19.0 Å². The van der Waals surface area contributed by atoms with Crippen LogP contribution in [0.1, 0.15) is 26.2 Å². The molecular formula is C17H21N3S. The number of benzene rings is 1. The number of aliphatic imine (C=N–C) groups is 1. The van der Waals surface area contributed by atoms with Crippen molar-refractivity contribution < 1.29 is 0 Å². The Bertz CT molecular complexity index is 643. The number of nitrogens with zero attached hydrogens (tertiary/aromatic N) is 2. The minimum atomic E-state index is 0.348. The van der Waals surface area contributed by atoms with E-state index in [2.05, 4.69) is 44.1 Å². The fourth-order valence-corrected chi connectivity index (χ4v) is 3.87. The summed E-state index contributed by atoms with van der Waals surface area (Å²) in [6.45, 7) is 2.18. The third-order valence-electron chi connectivity index (χ3n) is 4.02. The maximum absolute atomic E-state index is 8.21. The van der Waals surface area contributed by atoms with Crippen molar-refractivity contribution in [1.29, 1.82) is 5.41 Å². The van der Waals surface area contributed by atoms with Crippen LogP contribution < -0.4 is 4.90 Å². The Hall–Kier alpha value is -1.55. The molecular weight excluding hydrogens is 278 g/mol. The lowest BCUT2D eigenvalue weighted by Crippen LogP contribution is -2.23. The molecule has 0 saturated heterocycles. The highest BCUT2D eigenvalue weighted by Gasteiger charge is 2.27. The summed E-state index contributed by atoms with van der Waals surface area (Å²) in [4.78, 5) is 9.31. The van der Waals surface area contributed by atoms with Gasteiger partial charge in [0, 0.05) is 41.2 Å². The topological polar surface area (TPSA) is 39.5 Å². The molecule has 4 heteroatoms. The van der Waals surface area contributed by atoms with Crippen molar-refractivity contribution in [3.05, 3.63) is 29.2 Å². The van der Waals surface area contributed by atoms with E-state index >= 15 is 0 Å². The number of thioether (sulfide) groups is 1. The first-order chi connectivity index (χ1) is 10.1. The summed E-state index contributed by atoms with van der Waals surface area (Å²) in [5.41, 5.74) is 4.20. The lowest BCUT2D eigenvalue weighted by molar-refractivity contribution is 0.630. The Morgan fingerprint density at radius 2 is 2.19 bits per heavy atom. The number of hydrogen-bond acceptors (Lipinski definition) is 4. The van der Waals surface area contributed by atoms with Crippen LogP contribution in [0.3, 0.4) is 0 Å². The molecule has 3 nitrogen and oxygen atoms in total. The van der Waals surface area contributed by atoms with E-state index < -0.39 is 0 Å². The second-order valence-electron chi connectivity index (χ2n) is 5.86. The molecule has 0 fully saturated rings. The van der Waals surface area contributed by atoms with Crippen LogP contribution in [0.25, 0.3) is 0 Å². The molecule has 1 unspecified atom stereocenters. The molecule has 110 valence electrons. The molecule has 0 radical (unpaired) electrons. The zero-order chi connectivity index (χ0) is 15.0. The largest absolute Gasteiger partial charge is 0.378 e. The van der Waals surface area contributed by atoms with Crippen molar-refractivity contribution in [3.8, 4) is 0 Å².